The lowest BCUT2D eigenvalue weighted by Gasteiger charge is -2.34. The van der Waals surface area contributed by atoms with Crippen LogP contribution in [-0.2, 0) is 4.74 Å². The van der Waals surface area contributed by atoms with Crippen LogP contribution in [-0.4, -0.2) is 56.5 Å². The van der Waals surface area contributed by atoms with Crippen molar-refractivity contribution in [3.63, 3.8) is 0 Å². The zero-order valence-electron chi connectivity index (χ0n) is 12.8. The van der Waals surface area contributed by atoms with Crippen molar-refractivity contribution in [2.75, 3.05) is 33.3 Å². The largest absolute Gasteiger partial charge is 0.411 e. The molecule has 124 valence electrons. The maximum atomic E-state index is 12.2. The Hall–Kier alpha value is -0.330. The number of nitrogens with one attached hydrogen (secondary N) is 1. The number of ether oxygens (including phenoxy) is 1. The van der Waals surface area contributed by atoms with Gasteiger partial charge in [0, 0.05) is 12.6 Å². The Morgan fingerprint density at radius 2 is 2.00 bits per heavy atom. The molecule has 0 bridgehead atoms. The van der Waals surface area contributed by atoms with Crippen LogP contribution in [0.25, 0.3) is 0 Å². The summed E-state index contributed by atoms with van der Waals surface area (Å²) >= 11 is 0. The smallest absolute Gasteiger partial charge is 0.369 e. The summed E-state index contributed by atoms with van der Waals surface area (Å²) < 4.78 is 41.6. The van der Waals surface area contributed by atoms with Crippen LogP contribution in [0.4, 0.5) is 13.2 Å². The first-order chi connectivity index (χ1) is 9.92. The molecule has 3 nitrogen and oxygen atoms in total. The van der Waals surface area contributed by atoms with Gasteiger partial charge in [-0.1, -0.05) is 0 Å². The highest BCUT2D eigenvalue weighted by Gasteiger charge is 2.31. The Labute approximate surface area is 125 Å². The first-order valence-electron chi connectivity index (χ1n) is 8.02. The van der Waals surface area contributed by atoms with E-state index in [0.717, 1.165) is 32.4 Å². The van der Waals surface area contributed by atoms with Crippen LogP contribution < -0.4 is 5.32 Å². The third-order valence-corrected chi connectivity index (χ3v) is 4.53. The highest BCUT2D eigenvalue weighted by molar-refractivity contribution is 4.81. The molecular weight excluding hydrogens is 281 g/mol. The van der Waals surface area contributed by atoms with Gasteiger partial charge in [-0.05, 0) is 64.6 Å². The van der Waals surface area contributed by atoms with Crippen LogP contribution in [0.5, 0.6) is 0 Å². The van der Waals surface area contributed by atoms with Gasteiger partial charge in [0.1, 0.15) is 6.61 Å². The van der Waals surface area contributed by atoms with Gasteiger partial charge in [-0.3, -0.25) is 0 Å². The summed E-state index contributed by atoms with van der Waals surface area (Å²) in [6.07, 6.45) is 1.49. The Kier molecular flexibility index (Phi) is 6.32. The van der Waals surface area contributed by atoms with Gasteiger partial charge in [0.25, 0.3) is 0 Å². The van der Waals surface area contributed by atoms with Gasteiger partial charge in [0.15, 0.2) is 0 Å². The van der Waals surface area contributed by atoms with E-state index in [-0.39, 0.29) is 6.10 Å². The first kappa shape index (κ1) is 17.0. The molecule has 2 aliphatic rings. The molecular formula is C15H27F3N2O. The van der Waals surface area contributed by atoms with Crippen molar-refractivity contribution < 1.29 is 17.9 Å². The van der Waals surface area contributed by atoms with E-state index in [1.165, 1.54) is 19.4 Å². The van der Waals surface area contributed by atoms with E-state index in [1.807, 2.05) is 0 Å². The minimum atomic E-state index is -4.22. The molecule has 21 heavy (non-hydrogen) atoms. The summed E-state index contributed by atoms with van der Waals surface area (Å²) in [4.78, 5) is 2.35. The molecule has 2 rings (SSSR count). The van der Waals surface area contributed by atoms with Crippen LogP contribution in [0.3, 0.4) is 0 Å². The maximum Gasteiger partial charge on any atom is 0.411 e. The molecule has 3 atom stereocenters. The predicted octanol–water partition coefficient (Wildman–Crippen LogP) is 2.81. The fourth-order valence-corrected chi connectivity index (χ4v) is 3.47. The summed E-state index contributed by atoms with van der Waals surface area (Å²) in [6.45, 7) is 2.15. The molecule has 2 fully saturated rings. The maximum absolute atomic E-state index is 12.2. The fourth-order valence-electron chi connectivity index (χ4n) is 3.47. The summed E-state index contributed by atoms with van der Waals surface area (Å²) in [5.41, 5.74) is 0. The molecule has 1 N–H and O–H groups in total. The molecule has 0 aromatic rings. The molecule has 0 aromatic carbocycles. The van der Waals surface area contributed by atoms with Gasteiger partial charge in [0.05, 0.1) is 6.10 Å². The molecule has 0 radical (unpaired) electrons. The van der Waals surface area contributed by atoms with E-state index in [4.69, 9.17) is 4.74 Å². The fraction of sp³-hybridized carbons (Fsp3) is 1.00. The molecule has 1 aliphatic carbocycles. The van der Waals surface area contributed by atoms with E-state index < -0.39 is 12.8 Å². The third kappa shape index (κ3) is 6.53. The second kappa shape index (κ2) is 7.79. The lowest BCUT2D eigenvalue weighted by molar-refractivity contribution is -0.188. The molecule has 1 saturated heterocycles. The van der Waals surface area contributed by atoms with Gasteiger partial charge in [-0.2, -0.15) is 13.2 Å². The van der Waals surface area contributed by atoms with Crippen molar-refractivity contribution in [3.8, 4) is 0 Å². The molecule has 3 unspecified atom stereocenters. The number of piperidine rings is 1. The van der Waals surface area contributed by atoms with Crippen molar-refractivity contribution in [2.24, 2.45) is 5.92 Å². The molecule has 0 aromatic heterocycles. The number of hydrogen-bond acceptors (Lipinski definition) is 3. The number of rotatable bonds is 5. The second-order valence-corrected chi connectivity index (χ2v) is 6.59. The van der Waals surface area contributed by atoms with Gasteiger partial charge in [-0.25, -0.2) is 0 Å². The number of likely N-dealkylation sites (tertiary alicyclic amines) is 1. The van der Waals surface area contributed by atoms with Crippen LogP contribution in [0.2, 0.25) is 0 Å². The molecule has 1 heterocycles. The lowest BCUT2D eigenvalue weighted by atomic mass is 9.91. The lowest BCUT2D eigenvalue weighted by Crippen LogP contribution is -2.43. The SMILES string of the molecule is CN1CCCC(CNC2CCCC(OCC(F)(F)F)C2)C1. The summed E-state index contributed by atoms with van der Waals surface area (Å²) in [6, 6.07) is 0.309. The average molecular weight is 308 g/mol. The quantitative estimate of drug-likeness (QED) is 0.845. The molecule has 0 amide bonds. The summed E-state index contributed by atoms with van der Waals surface area (Å²) in [5, 5.41) is 3.55. The minimum Gasteiger partial charge on any atom is -0.369 e. The average Bonchev–Trinajstić information content (AvgIpc) is 2.43. The zero-order valence-corrected chi connectivity index (χ0v) is 12.8. The van der Waals surface area contributed by atoms with Gasteiger partial charge >= 0.3 is 6.18 Å². The molecule has 1 aliphatic heterocycles. The van der Waals surface area contributed by atoms with Crippen LogP contribution in [0.1, 0.15) is 38.5 Å². The van der Waals surface area contributed by atoms with Crippen LogP contribution in [0.15, 0.2) is 0 Å². The minimum absolute atomic E-state index is 0.244. The van der Waals surface area contributed by atoms with E-state index in [2.05, 4.69) is 17.3 Å². The van der Waals surface area contributed by atoms with Crippen molar-refractivity contribution in [3.05, 3.63) is 0 Å². The van der Waals surface area contributed by atoms with E-state index in [0.29, 0.717) is 18.4 Å². The van der Waals surface area contributed by atoms with Gasteiger partial charge < -0.3 is 15.0 Å². The number of hydrogen-bond donors (Lipinski definition) is 1. The van der Waals surface area contributed by atoms with E-state index >= 15 is 0 Å². The number of nitrogens with zero attached hydrogens (tertiary/aromatic N) is 1. The van der Waals surface area contributed by atoms with Crippen molar-refractivity contribution in [1.29, 1.82) is 0 Å². The van der Waals surface area contributed by atoms with E-state index in [1.54, 1.807) is 0 Å². The topological polar surface area (TPSA) is 24.5 Å². The van der Waals surface area contributed by atoms with E-state index in [9.17, 15) is 13.2 Å². The first-order valence-corrected chi connectivity index (χ1v) is 8.02. The molecule has 1 saturated carbocycles. The standard InChI is InChI=1S/C15H27F3N2O/c1-20-7-3-4-12(10-20)9-19-13-5-2-6-14(8-13)21-11-15(16,17)18/h12-14,19H,2-11H2,1H3. The zero-order chi connectivity index (χ0) is 15.3. The second-order valence-electron chi connectivity index (χ2n) is 6.59. The molecule has 6 heteroatoms. The number of halogens is 3. The van der Waals surface area contributed by atoms with Crippen molar-refractivity contribution >= 4 is 0 Å². The summed E-state index contributed by atoms with van der Waals surface area (Å²) in [7, 11) is 2.15. The highest BCUT2D eigenvalue weighted by Crippen LogP contribution is 2.24. The van der Waals surface area contributed by atoms with Gasteiger partial charge in [-0.15, -0.1) is 0 Å². The predicted molar refractivity (Wildman–Crippen MR) is 76.3 cm³/mol. The van der Waals surface area contributed by atoms with Crippen LogP contribution in [0, 0.1) is 5.92 Å². The summed E-state index contributed by atoms with van der Waals surface area (Å²) in [5.74, 6) is 0.667. The monoisotopic (exact) mass is 308 g/mol. The number of alkyl halides is 3. The van der Waals surface area contributed by atoms with Crippen molar-refractivity contribution in [2.45, 2.75) is 56.8 Å². The van der Waals surface area contributed by atoms with Crippen LogP contribution >= 0.6 is 0 Å². The Balaban J connectivity index is 1.66. The van der Waals surface area contributed by atoms with Gasteiger partial charge in [0.2, 0.25) is 0 Å². The normalized spacial score (nSPS) is 32.3. The Morgan fingerprint density at radius 3 is 2.71 bits per heavy atom. The van der Waals surface area contributed by atoms with Crippen molar-refractivity contribution in [1.82, 2.24) is 10.2 Å². The molecule has 0 spiro atoms. The Morgan fingerprint density at radius 1 is 1.19 bits per heavy atom. The third-order valence-electron chi connectivity index (χ3n) is 4.53. The highest BCUT2D eigenvalue weighted by atomic mass is 19.4. The Bertz CT molecular complexity index is 312.